The van der Waals surface area contributed by atoms with E-state index in [1.165, 1.54) is 6.08 Å². The highest BCUT2D eigenvalue weighted by Gasteiger charge is 2.06. The maximum absolute atomic E-state index is 12.0. The average Bonchev–Trinajstić information content (AvgIpc) is 3.16. The second kappa shape index (κ2) is 9.35. The van der Waals surface area contributed by atoms with Crippen molar-refractivity contribution in [2.75, 3.05) is 6.54 Å². The number of hydrogen-bond acceptors (Lipinski definition) is 3. The minimum absolute atomic E-state index is 0.168. The van der Waals surface area contributed by atoms with E-state index in [4.69, 9.17) is 17.3 Å². The van der Waals surface area contributed by atoms with E-state index in [0.29, 0.717) is 23.6 Å². The molecule has 2 aromatic carbocycles. The predicted octanol–water partition coefficient (Wildman–Crippen LogP) is 4.54. The van der Waals surface area contributed by atoms with Crippen molar-refractivity contribution in [3.05, 3.63) is 87.8 Å². The summed E-state index contributed by atoms with van der Waals surface area (Å²) in [4.78, 5) is 25.3. The van der Waals surface area contributed by atoms with Crippen LogP contribution in [0.15, 0.2) is 66.7 Å². The highest BCUT2D eigenvalue weighted by Crippen LogP contribution is 2.33. The van der Waals surface area contributed by atoms with Crippen LogP contribution in [0.5, 0.6) is 0 Å². The molecule has 142 valence electrons. The highest BCUT2D eigenvalue weighted by molar-refractivity contribution is 7.16. The molecule has 0 atom stereocenters. The first-order valence-electron chi connectivity index (χ1n) is 8.72. The van der Waals surface area contributed by atoms with Crippen molar-refractivity contribution in [2.45, 2.75) is 6.42 Å². The predicted molar refractivity (Wildman–Crippen MR) is 115 cm³/mol. The molecule has 0 bridgehead atoms. The van der Waals surface area contributed by atoms with Crippen molar-refractivity contribution in [3.8, 4) is 10.4 Å². The molecule has 0 unspecified atom stereocenters. The molecule has 4 nitrogen and oxygen atoms in total. The van der Waals surface area contributed by atoms with Gasteiger partial charge in [-0.3, -0.25) is 9.59 Å². The molecule has 0 aliphatic heterocycles. The van der Waals surface area contributed by atoms with E-state index < -0.39 is 5.91 Å². The van der Waals surface area contributed by atoms with Gasteiger partial charge in [0.1, 0.15) is 0 Å². The van der Waals surface area contributed by atoms with Crippen LogP contribution >= 0.6 is 22.9 Å². The van der Waals surface area contributed by atoms with Gasteiger partial charge in [-0.2, -0.15) is 0 Å². The molecule has 3 N–H and O–H groups in total. The Morgan fingerprint density at radius 1 is 1.07 bits per heavy atom. The number of nitrogens with two attached hydrogens (primary N) is 1. The fourth-order valence-corrected chi connectivity index (χ4v) is 3.92. The van der Waals surface area contributed by atoms with E-state index in [1.807, 2.05) is 42.5 Å². The molecule has 2 amide bonds. The number of nitrogens with one attached hydrogen (secondary N) is 1. The summed E-state index contributed by atoms with van der Waals surface area (Å²) in [7, 11) is 0. The lowest BCUT2D eigenvalue weighted by atomic mass is 10.1. The van der Waals surface area contributed by atoms with E-state index in [2.05, 4.69) is 5.32 Å². The molecule has 1 aromatic heterocycles. The Kier molecular flexibility index (Phi) is 6.63. The molecular weight excluding hydrogens is 392 g/mol. The molecule has 6 heteroatoms. The van der Waals surface area contributed by atoms with Crippen molar-refractivity contribution in [1.29, 1.82) is 0 Å². The first-order valence-corrected chi connectivity index (χ1v) is 9.92. The number of thiophene rings is 1. The van der Waals surface area contributed by atoms with Crippen LogP contribution in [0, 0.1) is 0 Å². The summed E-state index contributed by atoms with van der Waals surface area (Å²) >= 11 is 7.80. The molecule has 0 radical (unpaired) electrons. The minimum Gasteiger partial charge on any atom is -0.366 e. The zero-order valence-electron chi connectivity index (χ0n) is 15.0. The SMILES string of the molecule is NC(=O)c1cccc(CCNC(=O)/C=C\c2ccc(-c3ccccc3Cl)s2)c1. The Labute approximate surface area is 172 Å². The second-order valence-electron chi connectivity index (χ2n) is 6.12. The molecule has 3 aromatic rings. The Balaban J connectivity index is 1.53. The van der Waals surface area contributed by atoms with Gasteiger partial charge in [-0.1, -0.05) is 41.9 Å². The van der Waals surface area contributed by atoms with Gasteiger partial charge >= 0.3 is 0 Å². The van der Waals surface area contributed by atoms with Crippen LogP contribution < -0.4 is 11.1 Å². The van der Waals surface area contributed by atoms with E-state index in [-0.39, 0.29) is 5.91 Å². The first kappa shape index (κ1) is 19.9. The lowest BCUT2D eigenvalue weighted by molar-refractivity contribution is -0.116. The molecule has 0 saturated heterocycles. The maximum atomic E-state index is 12.0. The first-order chi connectivity index (χ1) is 13.5. The van der Waals surface area contributed by atoms with Gasteiger partial charge < -0.3 is 11.1 Å². The Bertz CT molecular complexity index is 1030. The van der Waals surface area contributed by atoms with Gasteiger partial charge in [0.15, 0.2) is 0 Å². The van der Waals surface area contributed by atoms with Crippen molar-refractivity contribution >= 4 is 40.8 Å². The fraction of sp³-hybridized carbons (Fsp3) is 0.0909. The van der Waals surface area contributed by atoms with Crippen molar-refractivity contribution in [1.82, 2.24) is 5.32 Å². The quantitative estimate of drug-likeness (QED) is 0.561. The number of hydrogen-bond donors (Lipinski definition) is 2. The number of halogens is 1. The number of carbonyl (C=O) groups is 2. The zero-order chi connectivity index (χ0) is 19.9. The van der Waals surface area contributed by atoms with Crippen LogP contribution in [0.4, 0.5) is 0 Å². The number of primary amides is 1. The van der Waals surface area contributed by atoms with Crippen molar-refractivity contribution < 1.29 is 9.59 Å². The van der Waals surface area contributed by atoms with Gasteiger partial charge in [0.2, 0.25) is 11.8 Å². The summed E-state index contributed by atoms with van der Waals surface area (Å²) in [6, 6.07) is 18.7. The van der Waals surface area contributed by atoms with Crippen LogP contribution in [0.2, 0.25) is 5.02 Å². The van der Waals surface area contributed by atoms with Crippen LogP contribution in [-0.2, 0) is 11.2 Å². The standard InChI is InChI=1S/C22H19ClN2O2S/c23-19-7-2-1-6-18(19)20-10-8-17(28-20)9-11-21(26)25-13-12-15-4-3-5-16(14-15)22(24)27/h1-11,14H,12-13H2,(H2,24,27)(H,25,26)/b11-9-. The normalized spacial score (nSPS) is 10.9. The fourth-order valence-electron chi connectivity index (χ4n) is 2.68. The van der Waals surface area contributed by atoms with Gasteiger partial charge in [0.25, 0.3) is 0 Å². The third kappa shape index (κ3) is 5.31. The lowest BCUT2D eigenvalue weighted by Crippen LogP contribution is -2.23. The Morgan fingerprint density at radius 2 is 1.89 bits per heavy atom. The molecular formula is C22H19ClN2O2S. The third-order valence-electron chi connectivity index (χ3n) is 4.09. The summed E-state index contributed by atoms with van der Waals surface area (Å²) in [5.74, 6) is -0.625. The topological polar surface area (TPSA) is 72.2 Å². The summed E-state index contributed by atoms with van der Waals surface area (Å²) < 4.78 is 0. The Morgan fingerprint density at radius 3 is 2.68 bits per heavy atom. The van der Waals surface area contributed by atoms with Crippen LogP contribution in [-0.4, -0.2) is 18.4 Å². The van der Waals surface area contributed by atoms with Gasteiger partial charge in [0.05, 0.1) is 0 Å². The number of carbonyl (C=O) groups excluding carboxylic acids is 2. The third-order valence-corrected chi connectivity index (χ3v) is 5.50. The van der Waals surface area contributed by atoms with Crippen LogP contribution in [0.1, 0.15) is 20.8 Å². The van der Waals surface area contributed by atoms with Gasteiger partial charge in [-0.25, -0.2) is 0 Å². The van der Waals surface area contributed by atoms with Crippen LogP contribution in [0.25, 0.3) is 16.5 Å². The van der Waals surface area contributed by atoms with Crippen molar-refractivity contribution in [3.63, 3.8) is 0 Å². The molecule has 0 spiro atoms. The highest BCUT2D eigenvalue weighted by atomic mass is 35.5. The second-order valence-corrected chi connectivity index (χ2v) is 7.64. The summed E-state index contributed by atoms with van der Waals surface area (Å²) in [5, 5.41) is 3.55. The zero-order valence-corrected chi connectivity index (χ0v) is 16.6. The average molecular weight is 411 g/mol. The lowest BCUT2D eigenvalue weighted by Gasteiger charge is -2.04. The number of rotatable bonds is 7. The number of amides is 2. The summed E-state index contributed by atoms with van der Waals surface area (Å²) in [6.07, 6.45) is 3.92. The molecule has 3 rings (SSSR count). The summed E-state index contributed by atoms with van der Waals surface area (Å²) in [6.45, 7) is 0.473. The maximum Gasteiger partial charge on any atom is 0.248 e. The van der Waals surface area contributed by atoms with Crippen molar-refractivity contribution in [2.24, 2.45) is 5.73 Å². The van der Waals surface area contributed by atoms with Gasteiger partial charge in [0, 0.05) is 38.5 Å². The van der Waals surface area contributed by atoms with Gasteiger partial charge in [-0.05, 0) is 48.4 Å². The number of benzene rings is 2. The van der Waals surface area contributed by atoms with Crippen LogP contribution in [0.3, 0.4) is 0 Å². The molecule has 28 heavy (non-hydrogen) atoms. The molecule has 0 aliphatic rings. The van der Waals surface area contributed by atoms with E-state index >= 15 is 0 Å². The molecule has 0 fully saturated rings. The van der Waals surface area contributed by atoms with Gasteiger partial charge in [-0.15, -0.1) is 11.3 Å². The summed E-state index contributed by atoms with van der Waals surface area (Å²) in [5.41, 5.74) is 7.68. The Hall–Kier alpha value is -2.89. The van der Waals surface area contributed by atoms with E-state index in [0.717, 1.165) is 20.9 Å². The monoisotopic (exact) mass is 410 g/mol. The largest absolute Gasteiger partial charge is 0.366 e. The molecule has 0 aliphatic carbocycles. The molecule has 0 saturated carbocycles. The van der Waals surface area contributed by atoms with E-state index in [1.54, 1.807) is 35.6 Å². The minimum atomic E-state index is -0.457. The smallest absolute Gasteiger partial charge is 0.248 e. The molecule has 1 heterocycles. The van der Waals surface area contributed by atoms with E-state index in [9.17, 15) is 9.59 Å².